The van der Waals surface area contributed by atoms with Gasteiger partial charge in [-0.25, -0.2) is 0 Å². The Labute approximate surface area is 176 Å². The number of benzene rings is 1. The molecule has 0 saturated heterocycles. The molecule has 4 heterocycles. The van der Waals surface area contributed by atoms with Crippen molar-refractivity contribution in [1.82, 2.24) is 15.2 Å². The van der Waals surface area contributed by atoms with Crippen LogP contribution in [-0.4, -0.2) is 21.1 Å². The predicted molar refractivity (Wildman–Crippen MR) is 114 cm³/mol. The van der Waals surface area contributed by atoms with E-state index in [1.165, 1.54) is 16.2 Å². The summed E-state index contributed by atoms with van der Waals surface area (Å²) in [6.45, 7) is 5.87. The third kappa shape index (κ3) is 2.68. The van der Waals surface area contributed by atoms with Crippen LogP contribution < -0.4 is 10.3 Å². The van der Waals surface area contributed by atoms with Crippen LogP contribution >= 0.6 is 11.3 Å². The van der Waals surface area contributed by atoms with Crippen LogP contribution in [0.1, 0.15) is 50.9 Å². The maximum Gasteiger partial charge on any atom is 0.297 e. The van der Waals surface area contributed by atoms with E-state index in [9.17, 15) is 9.59 Å². The monoisotopic (exact) mass is 418 g/mol. The van der Waals surface area contributed by atoms with Crippen molar-refractivity contribution in [3.8, 4) is 0 Å². The average molecular weight is 418 g/mol. The highest BCUT2D eigenvalue weighted by atomic mass is 32.1. The van der Waals surface area contributed by atoms with E-state index in [-0.39, 0.29) is 11.2 Å². The molecule has 0 radical (unpaired) electrons. The van der Waals surface area contributed by atoms with Crippen molar-refractivity contribution in [2.45, 2.75) is 33.2 Å². The molecule has 0 fully saturated rings. The molecule has 1 atom stereocenters. The zero-order chi connectivity index (χ0) is 21.0. The third-order valence-electron chi connectivity index (χ3n) is 5.42. The van der Waals surface area contributed by atoms with Gasteiger partial charge in [0.25, 0.3) is 5.91 Å². The smallest absolute Gasteiger partial charge is 0.297 e. The molecule has 0 bridgehead atoms. The summed E-state index contributed by atoms with van der Waals surface area (Å²) in [6.07, 6.45) is 2.35. The van der Waals surface area contributed by atoms with Crippen LogP contribution in [0.5, 0.6) is 0 Å². The van der Waals surface area contributed by atoms with Gasteiger partial charge < -0.3 is 4.42 Å². The van der Waals surface area contributed by atoms with Crippen LogP contribution in [0.2, 0.25) is 0 Å². The number of aromatic nitrogens is 3. The van der Waals surface area contributed by atoms with Gasteiger partial charge in [0, 0.05) is 6.20 Å². The van der Waals surface area contributed by atoms with Gasteiger partial charge >= 0.3 is 0 Å². The molecule has 1 unspecified atom stereocenters. The van der Waals surface area contributed by atoms with E-state index in [0.29, 0.717) is 33.8 Å². The number of anilines is 1. The lowest BCUT2D eigenvalue weighted by atomic mass is 10.0. The molecule has 1 aliphatic rings. The molecule has 0 spiro atoms. The largest absolute Gasteiger partial charge is 0.450 e. The highest BCUT2D eigenvalue weighted by molar-refractivity contribution is 7.15. The molecule has 0 N–H and O–H groups in total. The van der Waals surface area contributed by atoms with Gasteiger partial charge in [-0.15, -0.1) is 10.2 Å². The zero-order valence-corrected chi connectivity index (χ0v) is 17.5. The van der Waals surface area contributed by atoms with Crippen LogP contribution in [-0.2, 0) is 6.42 Å². The van der Waals surface area contributed by atoms with E-state index in [2.05, 4.69) is 15.2 Å². The second-order valence-corrected chi connectivity index (χ2v) is 8.31. The minimum Gasteiger partial charge on any atom is -0.450 e. The van der Waals surface area contributed by atoms with E-state index in [1.807, 2.05) is 32.9 Å². The van der Waals surface area contributed by atoms with Gasteiger partial charge in [-0.1, -0.05) is 24.3 Å². The minimum atomic E-state index is -0.714. The van der Waals surface area contributed by atoms with Gasteiger partial charge in [0.05, 0.1) is 16.6 Å². The second kappa shape index (κ2) is 6.84. The average Bonchev–Trinajstić information content (AvgIpc) is 3.33. The molecular weight excluding hydrogens is 400 g/mol. The zero-order valence-electron chi connectivity index (χ0n) is 16.7. The van der Waals surface area contributed by atoms with Crippen molar-refractivity contribution >= 4 is 33.3 Å². The molecule has 1 amide bonds. The number of fused-ring (bicyclic) bond motifs is 2. The van der Waals surface area contributed by atoms with Crippen LogP contribution in [0.3, 0.4) is 0 Å². The first-order chi connectivity index (χ1) is 14.5. The number of carbonyl (C=O) groups excluding carboxylic acids is 1. The lowest BCUT2D eigenvalue weighted by Crippen LogP contribution is -2.30. The summed E-state index contributed by atoms with van der Waals surface area (Å²) < 4.78 is 6.01. The van der Waals surface area contributed by atoms with E-state index < -0.39 is 11.9 Å². The third-order valence-corrected chi connectivity index (χ3v) is 6.49. The van der Waals surface area contributed by atoms with Crippen molar-refractivity contribution in [2.24, 2.45) is 0 Å². The number of amides is 1. The predicted octanol–water partition coefficient (Wildman–Crippen LogP) is 3.97. The summed E-state index contributed by atoms with van der Waals surface area (Å²) in [6, 6.07) is 8.33. The highest BCUT2D eigenvalue weighted by Gasteiger charge is 2.45. The van der Waals surface area contributed by atoms with Gasteiger partial charge in [-0.05, 0) is 55.7 Å². The van der Waals surface area contributed by atoms with E-state index in [0.717, 1.165) is 16.1 Å². The Morgan fingerprint density at radius 3 is 2.63 bits per heavy atom. The molecule has 0 saturated carbocycles. The van der Waals surface area contributed by atoms with Crippen molar-refractivity contribution in [3.63, 3.8) is 0 Å². The molecule has 3 aromatic heterocycles. The first kappa shape index (κ1) is 18.6. The fraction of sp³-hybridized carbons (Fsp3) is 0.227. The Morgan fingerprint density at radius 2 is 1.93 bits per heavy atom. The first-order valence-electron chi connectivity index (χ1n) is 9.64. The van der Waals surface area contributed by atoms with Crippen LogP contribution in [0.15, 0.2) is 45.7 Å². The van der Waals surface area contributed by atoms with E-state index in [4.69, 9.17) is 4.42 Å². The number of carbonyl (C=O) groups is 1. The summed E-state index contributed by atoms with van der Waals surface area (Å²) in [4.78, 5) is 32.9. The van der Waals surface area contributed by atoms with Gasteiger partial charge in [-0.2, -0.15) is 0 Å². The standard InChI is InChI=1S/C22H18N4O3S/c1-4-16-24-25-22(30-16)26-18(14-7-5-6-8-23-14)17-19(27)13-9-11(2)12(3)10-15(13)29-20(17)21(26)28/h5-10,18H,4H2,1-3H3. The summed E-state index contributed by atoms with van der Waals surface area (Å²) in [5.74, 6) is -0.365. The van der Waals surface area contributed by atoms with E-state index in [1.54, 1.807) is 24.4 Å². The molecule has 7 nitrogen and oxygen atoms in total. The second-order valence-electron chi connectivity index (χ2n) is 7.27. The van der Waals surface area contributed by atoms with Crippen LogP contribution in [0.25, 0.3) is 11.0 Å². The van der Waals surface area contributed by atoms with Crippen molar-refractivity contribution in [1.29, 1.82) is 0 Å². The molecule has 150 valence electrons. The Hall–Kier alpha value is -3.39. The summed E-state index contributed by atoms with van der Waals surface area (Å²) >= 11 is 1.33. The molecule has 1 aromatic carbocycles. The first-order valence-corrected chi connectivity index (χ1v) is 10.5. The maximum atomic E-state index is 13.6. The van der Waals surface area contributed by atoms with E-state index >= 15 is 0 Å². The van der Waals surface area contributed by atoms with Crippen molar-refractivity contribution in [3.05, 3.63) is 79.9 Å². The Bertz CT molecular complexity index is 1360. The Morgan fingerprint density at radius 1 is 1.13 bits per heavy atom. The topological polar surface area (TPSA) is 89.2 Å². The molecule has 5 rings (SSSR count). The summed E-state index contributed by atoms with van der Waals surface area (Å²) in [5, 5.41) is 10.1. The lowest BCUT2D eigenvalue weighted by molar-refractivity contribution is 0.0970. The van der Waals surface area contributed by atoms with Crippen molar-refractivity contribution < 1.29 is 9.21 Å². The molecule has 8 heteroatoms. The maximum absolute atomic E-state index is 13.6. The lowest BCUT2D eigenvalue weighted by Gasteiger charge is -2.20. The number of rotatable bonds is 3. The number of hydrogen-bond acceptors (Lipinski definition) is 7. The molecular formula is C22H18N4O3S. The molecule has 4 aromatic rings. The highest BCUT2D eigenvalue weighted by Crippen LogP contribution is 2.41. The van der Waals surface area contributed by atoms with Gasteiger partial charge in [-0.3, -0.25) is 19.5 Å². The van der Waals surface area contributed by atoms with Crippen molar-refractivity contribution in [2.75, 3.05) is 4.90 Å². The Balaban J connectivity index is 1.81. The molecule has 30 heavy (non-hydrogen) atoms. The van der Waals surface area contributed by atoms with Gasteiger partial charge in [0.1, 0.15) is 16.6 Å². The minimum absolute atomic E-state index is 0.0413. The Kier molecular flexibility index (Phi) is 4.25. The number of aryl methyl sites for hydroxylation is 3. The van der Waals surface area contributed by atoms with Crippen LogP contribution in [0.4, 0.5) is 5.13 Å². The normalized spacial score (nSPS) is 15.8. The fourth-order valence-electron chi connectivity index (χ4n) is 3.73. The SMILES string of the molecule is CCc1nnc(N2C(=O)c3oc4cc(C)c(C)cc4c(=O)c3C2c2ccccn2)s1. The number of pyridine rings is 1. The van der Waals surface area contributed by atoms with Gasteiger partial charge in [0.2, 0.25) is 10.9 Å². The fourth-order valence-corrected chi connectivity index (χ4v) is 4.53. The molecule has 0 aliphatic carbocycles. The van der Waals surface area contributed by atoms with Crippen LogP contribution in [0, 0.1) is 13.8 Å². The number of hydrogen-bond donors (Lipinski definition) is 0. The molecule has 1 aliphatic heterocycles. The summed E-state index contributed by atoms with van der Waals surface area (Å²) in [5.41, 5.74) is 3.04. The summed E-state index contributed by atoms with van der Waals surface area (Å²) in [7, 11) is 0. The quantitative estimate of drug-likeness (QED) is 0.500. The number of nitrogens with zero attached hydrogens (tertiary/aromatic N) is 4. The van der Waals surface area contributed by atoms with Gasteiger partial charge in [0.15, 0.2) is 5.43 Å².